The van der Waals surface area contributed by atoms with E-state index in [0.29, 0.717) is 0 Å². The van der Waals surface area contributed by atoms with Crippen molar-refractivity contribution in [2.45, 2.75) is 6.04 Å². The number of fused-ring (bicyclic) bond motifs is 1. The van der Waals surface area contributed by atoms with E-state index in [2.05, 4.69) is 0 Å². The topological polar surface area (TPSA) is 86.8 Å². The SMILES string of the molecule is O=C1NS(=O)(=O)N2CCN(C(=O)c3cc(F)c(Cl)cc3Cl)CC12. The number of piperazine rings is 1. The average Bonchev–Trinajstić information content (AvgIpc) is 2.71. The second-order valence-electron chi connectivity index (χ2n) is 5.10. The van der Waals surface area contributed by atoms with Crippen molar-refractivity contribution in [2.24, 2.45) is 0 Å². The Morgan fingerprint density at radius 2 is 1.96 bits per heavy atom. The maximum absolute atomic E-state index is 13.6. The first kappa shape index (κ1) is 16.4. The molecule has 2 aliphatic heterocycles. The quantitative estimate of drug-likeness (QED) is 0.722. The van der Waals surface area contributed by atoms with Crippen molar-refractivity contribution in [3.05, 3.63) is 33.6 Å². The Labute approximate surface area is 141 Å². The predicted octanol–water partition coefficient (Wildman–Crippen LogP) is 0.634. The average molecular weight is 382 g/mol. The lowest BCUT2D eigenvalue weighted by Gasteiger charge is -2.34. The van der Waals surface area contributed by atoms with Crippen molar-refractivity contribution in [2.75, 3.05) is 19.6 Å². The van der Waals surface area contributed by atoms with Crippen molar-refractivity contribution >= 4 is 45.2 Å². The van der Waals surface area contributed by atoms with E-state index in [0.717, 1.165) is 16.4 Å². The number of hydrogen-bond acceptors (Lipinski definition) is 4. The van der Waals surface area contributed by atoms with Crippen molar-refractivity contribution < 1.29 is 22.4 Å². The van der Waals surface area contributed by atoms with Crippen LogP contribution in [0.5, 0.6) is 0 Å². The van der Waals surface area contributed by atoms with E-state index in [-0.39, 0.29) is 35.2 Å². The Morgan fingerprint density at radius 3 is 2.65 bits per heavy atom. The molecule has 11 heteroatoms. The minimum atomic E-state index is -3.84. The zero-order valence-electron chi connectivity index (χ0n) is 11.4. The van der Waals surface area contributed by atoms with Crippen LogP contribution in [0.4, 0.5) is 4.39 Å². The number of carbonyl (C=O) groups is 2. The molecule has 2 saturated heterocycles. The van der Waals surface area contributed by atoms with Gasteiger partial charge in [-0.25, -0.2) is 9.11 Å². The van der Waals surface area contributed by atoms with Crippen LogP contribution in [0, 0.1) is 5.82 Å². The molecule has 1 aromatic carbocycles. The molecular formula is C12H10Cl2FN3O4S. The van der Waals surface area contributed by atoms with Crippen molar-refractivity contribution in [3.8, 4) is 0 Å². The molecule has 2 amide bonds. The summed E-state index contributed by atoms with van der Waals surface area (Å²) >= 11 is 11.5. The van der Waals surface area contributed by atoms with Crippen LogP contribution in [-0.4, -0.2) is 55.1 Å². The van der Waals surface area contributed by atoms with Gasteiger partial charge >= 0.3 is 10.2 Å². The first-order valence-corrected chi connectivity index (χ1v) is 8.67. The van der Waals surface area contributed by atoms with Crippen LogP contribution in [0.15, 0.2) is 12.1 Å². The molecule has 1 aromatic rings. The molecular weight excluding hydrogens is 372 g/mol. The molecule has 0 spiro atoms. The number of amides is 2. The zero-order chi connectivity index (χ0) is 16.9. The van der Waals surface area contributed by atoms with Crippen LogP contribution in [0.2, 0.25) is 10.0 Å². The Kier molecular flexibility index (Phi) is 3.99. The fourth-order valence-electron chi connectivity index (χ4n) is 2.56. The molecule has 0 saturated carbocycles. The normalized spacial score (nSPS) is 23.5. The van der Waals surface area contributed by atoms with Crippen LogP contribution in [-0.2, 0) is 15.0 Å². The molecule has 1 unspecified atom stereocenters. The highest BCUT2D eigenvalue weighted by Gasteiger charge is 2.47. The molecule has 7 nitrogen and oxygen atoms in total. The Hall–Kier alpha value is -1.42. The highest BCUT2D eigenvalue weighted by Crippen LogP contribution is 2.27. The highest BCUT2D eigenvalue weighted by molar-refractivity contribution is 7.88. The maximum Gasteiger partial charge on any atom is 0.304 e. The fraction of sp³-hybridized carbons (Fsp3) is 0.333. The van der Waals surface area contributed by atoms with E-state index < -0.39 is 33.9 Å². The minimum absolute atomic E-state index is 0.0210. The largest absolute Gasteiger partial charge is 0.335 e. The molecule has 124 valence electrons. The van der Waals surface area contributed by atoms with Gasteiger partial charge in [0.25, 0.3) is 11.8 Å². The van der Waals surface area contributed by atoms with E-state index in [1.165, 1.54) is 4.90 Å². The second-order valence-corrected chi connectivity index (χ2v) is 7.53. The lowest BCUT2D eigenvalue weighted by atomic mass is 10.1. The molecule has 0 bridgehead atoms. The minimum Gasteiger partial charge on any atom is -0.335 e. The molecule has 2 fully saturated rings. The number of nitrogens with one attached hydrogen (secondary N) is 1. The number of nitrogens with zero attached hydrogens (tertiary/aromatic N) is 2. The first-order valence-electron chi connectivity index (χ1n) is 6.48. The van der Waals surface area contributed by atoms with Gasteiger partial charge in [-0.05, 0) is 12.1 Å². The second kappa shape index (κ2) is 5.59. The van der Waals surface area contributed by atoms with Gasteiger partial charge in [0.05, 0.1) is 15.6 Å². The van der Waals surface area contributed by atoms with Gasteiger partial charge in [0.1, 0.15) is 11.9 Å². The van der Waals surface area contributed by atoms with Gasteiger partial charge < -0.3 is 4.90 Å². The summed E-state index contributed by atoms with van der Waals surface area (Å²) in [5.41, 5.74) is -0.0942. The summed E-state index contributed by atoms with van der Waals surface area (Å²) in [4.78, 5) is 25.5. The van der Waals surface area contributed by atoms with Crippen LogP contribution in [0.1, 0.15) is 10.4 Å². The molecule has 1 N–H and O–H groups in total. The summed E-state index contributed by atoms with van der Waals surface area (Å²) in [5, 5.41) is -0.232. The van der Waals surface area contributed by atoms with E-state index in [1.54, 1.807) is 0 Å². The third kappa shape index (κ3) is 2.78. The van der Waals surface area contributed by atoms with Gasteiger partial charge in [-0.2, -0.15) is 12.7 Å². The van der Waals surface area contributed by atoms with E-state index >= 15 is 0 Å². The van der Waals surface area contributed by atoms with Gasteiger partial charge in [0.2, 0.25) is 0 Å². The van der Waals surface area contributed by atoms with Crippen LogP contribution >= 0.6 is 23.2 Å². The van der Waals surface area contributed by atoms with Crippen molar-refractivity contribution in [1.29, 1.82) is 0 Å². The molecule has 2 heterocycles. The molecule has 3 rings (SSSR count). The summed E-state index contributed by atoms with van der Waals surface area (Å²) in [6, 6.07) is 1.05. The van der Waals surface area contributed by atoms with Gasteiger partial charge in [-0.3, -0.25) is 9.59 Å². The van der Waals surface area contributed by atoms with E-state index in [4.69, 9.17) is 23.2 Å². The highest BCUT2D eigenvalue weighted by atomic mass is 35.5. The molecule has 23 heavy (non-hydrogen) atoms. The lowest BCUT2D eigenvalue weighted by Crippen LogP contribution is -2.54. The maximum atomic E-state index is 13.6. The third-order valence-corrected chi connectivity index (χ3v) is 5.82. The summed E-state index contributed by atoms with van der Waals surface area (Å²) < 4.78 is 39.8. The summed E-state index contributed by atoms with van der Waals surface area (Å²) in [6.45, 7) is -0.111. The Balaban J connectivity index is 1.86. The summed E-state index contributed by atoms with van der Waals surface area (Å²) in [6.07, 6.45) is 0. The molecule has 2 aliphatic rings. The molecule has 0 aromatic heterocycles. The summed E-state index contributed by atoms with van der Waals surface area (Å²) in [7, 11) is -3.84. The van der Waals surface area contributed by atoms with E-state index in [9.17, 15) is 22.4 Å². The number of hydrogen-bond donors (Lipinski definition) is 1. The number of halogens is 3. The Morgan fingerprint density at radius 1 is 1.26 bits per heavy atom. The predicted molar refractivity (Wildman–Crippen MR) is 79.9 cm³/mol. The Bertz CT molecular complexity index is 817. The van der Waals surface area contributed by atoms with Gasteiger partial charge in [-0.15, -0.1) is 0 Å². The molecule has 1 atom stereocenters. The van der Waals surface area contributed by atoms with Gasteiger partial charge in [-0.1, -0.05) is 23.2 Å². The van der Waals surface area contributed by atoms with E-state index in [1.807, 2.05) is 4.72 Å². The number of rotatable bonds is 1. The van der Waals surface area contributed by atoms with Crippen molar-refractivity contribution in [1.82, 2.24) is 13.9 Å². The molecule has 0 radical (unpaired) electrons. The summed E-state index contributed by atoms with van der Waals surface area (Å²) in [5.74, 6) is -2.09. The monoisotopic (exact) mass is 381 g/mol. The zero-order valence-corrected chi connectivity index (χ0v) is 13.8. The standard InChI is InChI=1S/C12H10Cl2FN3O4S/c13-7-4-8(14)9(15)3-6(7)12(20)17-1-2-18-10(5-17)11(19)16-23(18,21)22/h3-4,10H,1-2,5H2,(H,16,19). The van der Waals surface area contributed by atoms with Crippen LogP contribution in [0.25, 0.3) is 0 Å². The fourth-order valence-corrected chi connectivity index (χ4v) is 4.35. The first-order chi connectivity index (χ1) is 10.7. The molecule has 0 aliphatic carbocycles. The number of benzene rings is 1. The smallest absolute Gasteiger partial charge is 0.304 e. The van der Waals surface area contributed by atoms with Crippen LogP contribution in [0.3, 0.4) is 0 Å². The van der Waals surface area contributed by atoms with Crippen LogP contribution < -0.4 is 4.72 Å². The van der Waals surface area contributed by atoms with Gasteiger partial charge in [0.15, 0.2) is 0 Å². The van der Waals surface area contributed by atoms with Crippen molar-refractivity contribution in [3.63, 3.8) is 0 Å². The number of carbonyl (C=O) groups excluding carboxylic acids is 2. The lowest BCUT2D eigenvalue weighted by molar-refractivity contribution is -0.122. The third-order valence-electron chi connectivity index (χ3n) is 3.70. The van der Waals surface area contributed by atoms with Gasteiger partial charge in [0, 0.05) is 19.6 Å².